The van der Waals surface area contributed by atoms with Gasteiger partial charge in [-0.2, -0.15) is 0 Å². The van der Waals surface area contributed by atoms with Gasteiger partial charge in [-0.15, -0.1) is 0 Å². The van der Waals surface area contributed by atoms with Crippen LogP contribution in [0.4, 0.5) is 9.59 Å². The number of carbonyl (C=O) groups is 3. The third-order valence-corrected chi connectivity index (χ3v) is 7.24. The fourth-order valence-electron chi connectivity index (χ4n) is 4.88. The second-order valence-corrected chi connectivity index (χ2v) is 12.7. The molecule has 10 heteroatoms. The van der Waals surface area contributed by atoms with Crippen molar-refractivity contribution in [3.8, 4) is 0 Å². The summed E-state index contributed by atoms with van der Waals surface area (Å²) in [6, 6.07) is 24.7. The van der Waals surface area contributed by atoms with Gasteiger partial charge in [0.25, 0.3) is 0 Å². The summed E-state index contributed by atoms with van der Waals surface area (Å²) >= 11 is 0. The van der Waals surface area contributed by atoms with Crippen LogP contribution in [-0.2, 0) is 33.7 Å². The summed E-state index contributed by atoms with van der Waals surface area (Å²) in [5, 5.41) is 31.4. The van der Waals surface area contributed by atoms with Crippen LogP contribution < -0.4 is 16.0 Å². The molecule has 0 aliphatic heterocycles. The minimum Gasteiger partial charge on any atom is -0.445 e. The SMILES string of the molecule is CC(C)[C@H](NC(=O)OCc1ccccc1)C(=O)N[C@@H](Cc1ccccc1)[C@H](O)[C@H](O)[C@H](Cc1ccccc1)NC(=O)OC(C)(C)C. The molecule has 3 aromatic carbocycles. The predicted octanol–water partition coefficient (Wildman–Crippen LogP) is 4.52. The van der Waals surface area contributed by atoms with E-state index in [1.54, 1.807) is 34.6 Å². The Hall–Kier alpha value is -4.41. The molecule has 0 unspecified atom stereocenters. The molecule has 0 saturated carbocycles. The molecule has 10 nitrogen and oxygen atoms in total. The zero-order valence-electron chi connectivity index (χ0n) is 27.2. The summed E-state index contributed by atoms with van der Waals surface area (Å²) in [4.78, 5) is 39.1. The molecule has 3 aromatic rings. The topological polar surface area (TPSA) is 146 Å². The summed E-state index contributed by atoms with van der Waals surface area (Å²) in [5.41, 5.74) is 1.63. The number of hydrogen-bond acceptors (Lipinski definition) is 7. The molecule has 46 heavy (non-hydrogen) atoms. The average Bonchev–Trinajstić information content (AvgIpc) is 3.01. The summed E-state index contributed by atoms with van der Waals surface area (Å²) < 4.78 is 10.8. The van der Waals surface area contributed by atoms with Gasteiger partial charge in [0.1, 0.15) is 30.5 Å². The number of aliphatic hydroxyl groups is 2. The largest absolute Gasteiger partial charge is 0.445 e. The van der Waals surface area contributed by atoms with Gasteiger partial charge in [-0.3, -0.25) is 4.79 Å². The number of hydrogen-bond donors (Lipinski definition) is 5. The highest BCUT2D eigenvalue weighted by Gasteiger charge is 2.37. The first-order chi connectivity index (χ1) is 21.8. The Kier molecular flexibility index (Phi) is 13.6. The van der Waals surface area contributed by atoms with Crippen molar-refractivity contribution in [3.63, 3.8) is 0 Å². The van der Waals surface area contributed by atoms with E-state index in [4.69, 9.17) is 9.47 Å². The quantitative estimate of drug-likeness (QED) is 0.175. The van der Waals surface area contributed by atoms with Crippen LogP contribution in [0, 0.1) is 5.92 Å². The van der Waals surface area contributed by atoms with Crippen LogP contribution in [0.3, 0.4) is 0 Å². The Morgan fingerprint density at radius 2 is 1.09 bits per heavy atom. The Balaban J connectivity index is 1.81. The molecule has 0 fully saturated rings. The fraction of sp³-hybridized carbons (Fsp3) is 0.417. The van der Waals surface area contributed by atoms with E-state index in [9.17, 15) is 24.6 Å². The highest BCUT2D eigenvalue weighted by molar-refractivity contribution is 5.86. The normalized spacial score (nSPS) is 14.7. The number of rotatable bonds is 14. The van der Waals surface area contributed by atoms with Gasteiger partial charge < -0.3 is 35.6 Å². The standard InChI is InChI=1S/C36H47N3O7/c1-24(2)30(39-34(43)45-23-27-19-13-8-14-20-27)33(42)37-28(21-25-15-9-6-10-16-25)31(40)32(41)29(22-26-17-11-7-12-18-26)38-35(44)46-36(3,4)5/h6-20,24,28-32,40-41H,21-23H2,1-5H3,(H,37,42)(H,38,44)(H,39,43)/t28-,29-,30-,31-,32+/m0/s1. The van der Waals surface area contributed by atoms with Crippen LogP contribution in [0.25, 0.3) is 0 Å². The first kappa shape index (κ1) is 36.1. The molecule has 0 aromatic heterocycles. The minimum atomic E-state index is -1.52. The van der Waals surface area contributed by atoms with Crippen LogP contribution in [0.15, 0.2) is 91.0 Å². The van der Waals surface area contributed by atoms with Crippen molar-refractivity contribution in [2.24, 2.45) is 5.92 Å². The molecule has 0 bridgehead atoms. The Bertz CT molecular complexity index is 1360. The van der Waals surface area contributed by atoms with E-state index in [-0.39, 0.29) is 25.4 Å². The number of nitrogens with one attached hydrogen (secondary N) is 3. The van der Waals surface area contributed by atoms with Gasteiger partial charge >= 0.3 is 12.2 Å². The van der Waals surface area contributed by atoms with Crippen LogP contribution in [0.5, 0.6) is 0 Å². The molecule has 0 spiro atoms. The lowest BCUT2D eigenvalue weighted by Crippen LogP contribution is -2.60. The smallest absolute Gasteiger partial charge is 0.408 e. The zero-order chi connectivity index (χ0) is 33.7. The summed E-state index contributed by atoms with van der Waals surface area (Å²) in [6.07, 6.45) is -4.19. The fourth-order valence-corrected chi connectivity index (χ4v) is 4.88. The first-order valence-electron chi connectivity index (χ1n) is 15.5. The van der Waals surface area contributed by atoms with E-state index >= 15 is 0 Å². The number of aliphatic hydroxyl groups excluding tert-OH is 2. The molecule has 3 rings (SSSR count). The van der Waals surface area contributed by atoms with Crippen molar-refractivity contribution in [1.82, 2.24) is 16.0 Å². The van der Waals surface area contributed by atoms with Crippen molar-refractivity contribution in [2.75, 3.05) is 0 Å². The van der Waals surface area contributed by atoms with Crippen molar-refractivity contribution in [3.05, 3.63) is 108 Å². The second-order valence-electron chi connectivity index (χ2n) is 12.7. The average molecular weight is 634 g/mol. The maximum Gasteiger partial charge on any atom is 0.408 e. The number of carbonyl (C=O) groups excluding carboxylic acids is 3. The van der Waals surface area contributed by atoms with Gasteiger partial charge in [-0.25, -0.2) is 9.59 Å². The molecule has 5 atom stereocenters. The number of ether oxygens (including phenoxy) is 2. The van der Waals surface area contributed by atoms with Gasteiger partial charge in [0, 0.05) is 0 Å². The predicted molar refractivity (Wildman–Crippen MR) is 176 cm³/mol. The van der Waals surface area contributed by atoms with E-state index < -0.39 is 54.0 Å². The lowest BCUT2D eigenvalue weighted by molar-refractivity contribution is -0.126. The van der Waals surface area contributed by atoms with E-state index in [0.717, 1.165) is 16.7 Å². The Morgan fingerprint density at radius 3 is 1.52 bits per heavy atom. The van der Waals surface area contributed by atoms with Gasteiger partial charge in [0.05, 0.1) is 12.1 Å². The third-order valence-electron chi connectivity index (χ3n) is 7.24. The summed E-state index contributed by atoms with van der Waals surface area (Å²) in [7, 11) is 0. The highest BCUT2D eigenvalue weighted by Crippen LogP contribution is 2.17. The Morgan fingerprint density at radius 1 is 0.652 bits per heavy atom. The molecule has 0 aliphatic rings. The van der Waals surface area contributed by atoms with Crippen LogP contribution in [-0.4, -0.2) is 64.2 Å². The molecule has 248 valence electrons. The molecule has 3 amide bonds. The molecule has 0 aliphatic carbocycles. The molecule has 0 radical (unpaired) electrons. The minimum absolute atomic E-state index is 0.0358. The zero-order valence-corrected chi connectivity index (χ0v) is 27.2. The molecular formula is C36H47N3O7. The highest BCUT2D eigenvalue weighted by atomic mass is 16.6. The Labute approximate surface area is 271 Å². The first-order valence-corrected chi connectivity index (χ1v) is 15.5. The molecule has 0 saturated heterocycles. The van der Waals surface area contributed by atoms with E-state index in [1.807, 2.05) is 91.0 Å². The van der Waals surface area contributed by atoms with Crippen molar-refractivity contribution in [1.29, 1.82) is 0 Å². The lowest BCUT2D eigenvalue weighted by Gasteiger charge is -2.34. The van der Waals surface area contributed by atoms with Crippen LogP contribution >= 0.6 is 0 Å². The number of alkyl carbamates (subject to hydrolysis) is 2. The van der Waals surface area contributed by atoms with Crippen molar-refractivity contribution < 1.29 is 34.1 Å². The van der Waals surface area contributed by atoms with E-state index in [1.165, 1.54) is 0 Å². The number of benzene rings is 3. The summed E-state index contributed by atoms with van der Waals surface area (Å²) in [6.45, 7) is 8.78. The monoisotopic (exact) mass is 633 g/mol. The van der Waals surface area contributed by atoms with E-state index in [2.05, 4.69) is 16.0 Å². The van der Waals surface area contributed by atoms with Gasteiger partial charge in [0.2, 0.25) is 5.91 Å². The van der Waals surface area contributed by atoms with Crippen LogP contribution in [0.2, 0.25) is 0 Å². The maximum absolute atomic E-state index is 13.7. The van der Waals surface area contributed by atoms with E-state index in [0.29, 0.717) is 0 Å². The molecular weight excluding hydrogens is 586 g/mol. The molecule has 0 heterocycles. The van der Waals surface area contributed by atoms with Crippen molar-refractivity contribution >= 4 is 18.1 Å². The van der Waals surface area contributed by atoms with Crippen LogP contribution in [0.1, 0.15) is 51.3 Å². The third kappa shape index (κ3) is 12.2. The molecule has 5 N–H and O–H groups in total. The summed E-state index contributed by atoms with van der Waals surface area (Å²) in [5.74, 6) is -0.887. The van der Waals surface area contributed by atoms with Gasteiger partial charge in [-0.1, -0.05) is 105 Å². The van der Waals surface area contributed by atoms with Gasteiger partial charge in [-0.05, 0) is 56.2 Å². The number of amides is 3. The second kappa shape index (κ2) is 17.3. The lowest BCUT2D eigenvalue weighted by atomic mass is 9.90. The van der Waals surface area contributed by atoms with Gasteiger partial charge in [0.15, 0.2) is 0 Å². The van der Waals surface area contributed by atoms with Crippen molar-refractivity contribution in [2.45, 2.75) is 90.0 Å². The maximum atomic E-state index is 13.7.